The summed E-state index contributed by atoms with van der Waals surface area (Å²) < 4.78 is 26.1. The summed E-state index contributed by atoms with van der Waals surface area (Å²) in [6, 6.07) is 4.85. The molecule has 2 rings (SSSR count). The molecule has 1 amide bonds. The van der Waals surface area contributed by atoms with Crippen molar-refractivity contribution in [3.8, 4) is 0 Å². The second-order valence-corrected chi connectivity index (χ2v) is 8.14. The Morgan fingerprint density at radius 1 is 1.22 bits per heavy atom. The number of hydrogen-bond donors (Lipinski definition) is 0. The van der Waals surface area contributed by atoms with Crippen LogP contribution in [0.15, 0.2) is 18.2 Å². The van der Waals surface area contributed by atoms with Gasteiger partial charge in [-0.1, -0.05) is 13.0 Å². The van der Waals surface area contributed by atoms with Crippen LogP contribution in [0.5, 0.6) is 0 Å². The molecule has 1 aromatic rings. The van der Waals surface area contributed by atoms with Crippen molar-refractivity contribution in [1.29, 1.82) is 0 Å². The van der Waals surface area contributed by atoms with Crippen molar-refractivity contribution < 1.29 is 13.2 Å². The fraction of sp³-hybridized carbons (Fsp3) is 0.588. The number of anilines is 1. The van der Waals surface area contributed by atoms with Gasteiger partial charge in [-0.2, -0.15) is 0 Å². The number of benzene rings is 1. The molecule has 0 saturated carbocycles. The Morgan fingerprint density at radius 2 is 1.83 bits per heavy atom. The predicted molar refractivity (Wildman–Crippen MR) is 93.1 cm³/mol. The molecule has 0 aliphatic carbocycles. The zero-order chi connectivity index (χ0) is 17.2. The molecule has 1 fully saturated rings. The van der Waals surface area contributed by atoms with Crippen molar-refractivity contribution in [2.24, 2.45) is 0 Å². The fourth-order valence-electron chi connectivity index (χ4n) is 3.05. The number of aryl methyl sites for hydroxylation is 2. The first-order valence-corrected chi connectivity index (χ1v) is 9.96. The van der Waals surface area contributed by atoms with E-state index >= 15 is 0 Å². The minimum absolute atomic E-state index is 0.0892. The van der Waals surface area contributed by atoms with Crippen molar-refractivity contribution in [3.05, 3.63) is 29.3 Å². The summed E-state index contributed by atoms with van der Waals surface area (Å²) in [6.07, 6.45) is 3.60. The Bertz CT molecular complexity index is 679. The molecule has 0 bridgehead atoms. The smallest absolute Gasteiger partial charge is 0.246 e. The Labute approximate surface area is 139 Å². The summed E-state index contributed by atoms with van der Waals surface area (Å²) in [5.41, 5.74) is 2.68. The number of nitrogens with zero attached hydrogens (tertiary/aromatic N) is 2. The third-order valence-electron chi connectivity index (χ3n) is 4.47. The third kappa shape index (κ3) is 3.86. The average Bonchev–Trinajstić information content (AvgIpc) is 3.00. The summed E-state index contributed by atoms with van der Waals surface area (Å²) in [7, 11) is -3.55. The second kappa shape index (κ2) is 6.91. The maximum atomic E-state index is 12.8. The van der Waals surface area contributed by atoms with Gasteiger partial charge in [0.1, 0.15) is 6.04 Å². The minimum atomic E-state index is -3.55. The molecule has 5 nitrogen and oxygen atoms in total. The molecule has 1 atom stereocenters. The molecular weight excluding hydrogens is 312 g/mol. The lowest BCUT2D eigenvalue weighted by Gasteiger charge is -2.33. The zero-order valence-electron chi connectivity index (χ0n) is 14.4. The van der Waals surface area contributed by atoms with Crippen LogP contribution in [0.3, 0.4) is 0 Å². The van der Waals surface area contributed by atoms with Gasteiger partial charge in [-0.05, 0) is 56.4 Å². The second-order valence-electron chi connectivity index (χ2n) is 6.28. The normalized spacial score (nSPS) is 16.4. The van der Waals surface area contributed by atoms with Gasteiger partial charge >= 0.3 is 0 Å². The van der Waals surface area contributed by atoms with Gasteiger partial charge in [0.2, 0.25) is 15.9 Å². The molecule has 1 aromatic carbocycles. The molecule has 0 spiro atoms. The van der Waals surface area contributed by atoms with Gasteiger partial charge in [0.15, 0.2) is 0 Å². The van der Waals surface area contributed by atoms with Gasteiger partial charge in [-0.25, -0.2) is 8.42 Å². The van der Waals surface area contributed by atoms with Gasteiger partial charge in [-0.15, -0.1) is 0 Å². The molecule has 1 heterocycles. The molecule has 0 unspecified atom stereocenters. The van der Waals surface area contributed by atoms with E-state index in [0.29, 0.717) is 12.1 Å². The molecule has 128 valence electrons. The van der Waals surface area contributed by atoms with Crippen molar-refractivity contribution in [2.75, 3.05) is 23.7 Å². The van der Waals surface area contributed by atoms with Gasteiger partial charge in [0.05, 0.1) is 11.9 Å². The summed E-state index contributed by atoms with van der Waals surface area (Å²) in [5, 5.41) is 0. The lowest BCUT2D eigenvalue weighted by Crippen LogP contribution is -2.50. The Kier molecular flexibility index (Phi) is 5.34. The van der Waals surface area contributed by atoms with Crippen molar-refractivity contribution in [2.45, 2.75) is 46.1 Å². The lowest BCUT2D eigenvalue weighted by atomic mass is 10.1. The van der Waals surface area contributed by atoms with Crippen molar-refractivity contribution in [3.63, 3.8) is 0 Å². The highest BCUT2D eigenvalue weighted by Crippen LogP contribution is 2.26. The SMILES string of the molecule is CC[C@@H](C(=O)N1CCCC1)N(c1ccc(C)c(C)c1)S(C)(=O)=O. The monoisotopic (exact) mass is 338 g/mol. The van der Waals surface area contributed by atoms with Gasteiger partial charge in [0.25, 0.3) is 0 Å². The molecule has 6 heteroatoms. The molecule has 1 aliphatic rings. The van der Waals surface area contributed by atoms with E-state index in [2.05, 4.69) is 0 Å². The van der Waals surface area contributed by atoms with E-state index in [1.54, 1.807) is 11.0 Å². The van der Waals surface area contributed by atoms with Crippen LogP contribution in [-0.4, -0.2) is 44.6 Å². The molecule has 0 N–H and O–H groups in total. The van der Waals surface area contributed by atoms with E-state index in [1.807, 2.05) is 32.9 Å². The van der Waals surface area contributed by atoms with Crippen LogP contribution in [-0.2, 0) is 14.8 Å². The first-order chi connectivity index (χ1) is 10.8. The maximum absolute atomic E-state index is 12.8. The molecule has 23 heavy (non-hydrogen) atoms. The molecule has 1 aliphatic heterocycles. The number of sulfonamides is 1. The molecule has 0 radical (unpaired) electrons. The average molecular weight is 338 g/mol. The van der Waals surface area contributed by atoms with E-state index in [4.69, 9.17) is 0 Å². The van der Waals surface area contributed by atoms with E-state index in [9.17, 15) is 13.2 Å². The van der Waals surface area contributed by atoms with Gasteiger partial charge in [0, 0.05) is 13.1 Å². The largest absolute Gasteiger partial charge is 0.341 e. The third-order valence-corrected chi connectivity index (χ3v) is 5.65. The molecular formula is C17H26N2O3S. The Morgan fingerprint density at radius 3 is 2.30 bits per heavy atom. The fourth-order valence-corrected chi connectivity index (χ4v) is 4.25. The Balaban J connectivity index is 2.43. The topological polar surface area (TPSA) is 57.7 Å². The van der Waals surface area contributed by atoms with Crippen LogP contribution >= 0.6 is 0 Å². The van der Waals surface area contributed by atoms with E-state index in [1.165, 1.54) is 10.6 Å². The van der Waals surface area contributed by atoms with E-state index in [-0.39, 0.29) is 5.91 Å². The number of likely N-dealkylation sites (tertiary alicyclic amines) is 1. The highest BCUT2D eigenvalue weighted by atomic mass is 32.2. The number of rotatable bonds is 5. The summed E-state index contributed by atoms with van der Waals surface area (Å²) >= 11 is 0. The first kappa shape index (κ1) is 17.8. The molecule has 0 aromatic heterocycles. The summed E-state index contributed by atoms with van der Waals surface area (Å²) in [5.74, 6) is -0.0892. The number of amides is 1. The number of carbonyl (C=O) groups is 1. The Hall–Kier alpha value is -1.56. The van der Waals surface area contributed by atoms with E-state index in [0.717, 1.165) is 37.1 Å². The highest BCUT2D eigenvalue weighted by Gasteiger charge is 2.35. The summed E-state index contributed by atoms with van der Waals surface area (Å²) in [6.45, 7) is 7.23. The quantitative estimate of drug-likeness (QED) is 0.829. The van der Waals surface area contributed by atoms with Crippen LogP contribution in [0.1, 0.15) is 37.3 Å². The van der Waals surface area contributed by atoms with Crippen molar-refractivity contribution >= 4 is 21.6 Å². The van der Waals surface area contributed by atoms with Crippen LogP contribution in [0.25, 0.3) is 0 Å². The number of carbonyl (C=O) groups excluding carboxylic acids is 1. The number of hydrogen-bond acceptors (Lipinski definition) is 3. The first-order valence-electron chi connectivity index (χ1n) is 8.11. The van der Waals surface area contributed by atoms with Crippen LogP contribution in [0.4, 0.5) is 5.69 Å². The highest BCUT2D eigenvalue weighted by molar-refractivity contribution is 7.92. The lowest BCUT2D eigenvalue weighted by molar-refractivity contribution is -0.131. The van der Waals surface area contributed by atoms with Crippen LogP contribution in [0.2, 0.25) is 0 Å². The summed E-state index contributed by atoms with van der Waals surface area (Å²) in [4.78, 5) is 14.6. The van der Waals surface area contributed by atoms with Crippen LogP contribution in [0, 0.1) is 13.8 Å². The maximum Gasteiger partial charge on any atom is 0.246 e. The van der Waals surface area contributed by atoms with Gasteiger partial charge in [-0.3, -0.25) is 9.10 Å². The van der Waals surface area contributed by atoms with Crippen molar-refractivity contribution in [1.82, 2.24) is 4.90 Å². The van der Waals surface area contributed by atoms with Gasteiger partial charge < -0.3 is 4.90 Å². The zero-order valence-corrected chi connectivity index (χ0v) is 15.2. The standard InChI is InChI=1S/C17H26N2O3S/c1-5-16(17(20)18-10-6-7-11-18)19(23(4,21)22)15-9-8-13(2)14(3)12-15/h8-9,12,16H,5-7,10-11H2,1-4H3/t16-/m0/s1. The van der Waals surface area contributed by atoms with Crippen LogP contribution < -0.4 is 4.31 Å². The van der Waals surface area contributed by atoms with E-state index < -0.39 is 16.1 Å². The minimum Gasteiger partial charge on any atom is -0.341 e. The predicted octanol–water partition coefficient (Wildman–Crippen LogP) is 2.47. The molecule has 1 saturated heterocycles.